The Kier molecular flexibility index (Phi) is 4.86. The van der Waals surface area contributed by atoms with E-state index < -0.39 is 5.97 Å². The maximum atomic E-state index is 11.4. The van der Waals surface area contributed by atoms with Crippen LogP contribution in [0.25, 0.3) is 0 Å². The fourth-order valence-corrected chi connectivity index (χ4v) is 3.19. The molecule has 1 saturated heterocycles. The average molecular weight is 326 g/mol. The monoisotopic (exact) mass is 325 g/mol. The van der Waals surface area contributed by atoms with Crippen LogP contribution in [-0.2, 0) is 0 Å². The summed E-state index contributed by atoms with van der Waals surface area (Å²) < 4.78 is 0.937. The van der Waals surface area contributed by atoms with Gasteiger partial charge in [0.25, 0.3) is 0 Å². The molecule has 0 radical (unpaired) electrons. The molecule has 0 aliphatic carbocycles. The molecule has 1 atom stereocenters. The number of carboxylic acids is 1. The predicted molar refractivity (Wildman–Crippen MR) is 81.0 cm³/mol. The lowest BCUT2D eigenvalue weighted by atomic mass is 10.1. The Morgan fingerprint density at radius 2 is 2.21 bits per heavy atom. The maximum absolute atomic E-state index is 11.4. The van der Waals surface area contributed by atoms with Crippen molar-refractivity contribution in [3.05, 3.63) is 28.2 Å². The van der Waals surface area contributed by atoms with E-state index in [1.807, 2.05) is 6.07 Å². The Balaban J connectivity index is 2.42. The number of hydrogen-bond donors (Lipinski definition) is 1. The van der Waals surface area contributed by atoms with Crippen molar-refractivity contribution in [2.45, 2.75) is 45.1 Å². The molecule has 0 saturated carbocycles. The Hall–Kier alpha value is -1.03. The number of nitrogens with zero attached hydrogens (tertiary/aromatic N) is 1. The second-order valence-electron chi connectivity index (χ2n) is 5.07. The molecule has 2 rings (SSSR count). The number of rotatable bonds is 3. The highest BCUT2D eigenvalue weighted by Gasteiger charge is 2.24. The van der Waals surface area contributed by atoms with Crippen molar-refractivity contribution in [3.8, 4) is 0 Å². The summed E-state index contributed by atoms with van der Waals surface area (Å²) in [7, 11) is 0. The van der Waals surface area contributed by atoms with Crippen LogP contribution in [0.15, 0.2) is 22.7 Å². The zero-order valence-corrected chi connectivity index (χ0v) is 12.8. The van der Waals surface area contributed by atoms with Gasteiger partial charge >= 0.3 is 5.97 Å². The topological polar surface area (TPSA) is 40.5 Å². The van der Waals surface area contributed by atoms with Crippen molar-refractivity contribution in [1.82, 2.24) is 0 Å². The van der Waals surface area contributed by atoms with E-state index in [9.17, 15) is 9.90 Å². The summed E-state index contributed by atoms with van der Waals surface area (Å²) in [4.78, 5) is 13.7. The molecule has 0 aromatic heterocycles. The van der Waals surface area contributed by atoms with Gasteiger partial charge < -0.3 is 10.0 Å². The molecule has 4 heteroatoms. The minimum atomic E-state index is -0.846. The van der Waals surface area contributed by atoms with Crippen LogP contribution in [-0.4, -0.2) is 23.7 Å². The summed E-state index contributed by atoms with van der Waals surface area (Å²) in [5, 5.41) is 9.37. The molecule has 1 N–H and O–H groups in total. The lowest BCUT2D eigenvalue weighted by Gasteiger charge is -2.32. The lowest BCUT2D eigenvalue weighted by molar-refractivity contribution is 0.0697. The Bertz CT molecular complexity index is 461. The van der Waals surface area contributed by atoms with Gasteiger partial charge in [0, 0.05) is 17.1 Å². The summed E-state index contributed by atoms with van der Waals surface area (Å²) >= 11 is 3.45. The first-order valence-corrected chi connectivity index (χ1v) is 7.72. The van der Waals surface area contributed by atoms with Gasteiger partial charge in [0.2, 0.25) is 0 Å². The molecule has 1 heterocycles. The first-order chi connectivity index (χ1) is 9.13. The predicted octanol–water partition coefficient (Wildman–Crippen LogP) is 4.31. The molecule has 19 heavy (non-hydrogen) atoms. The van der Waals surface area contributed by atoms with Gasteiger partial charge in [0.05, 0.1) is 11.3 Å². The van der Waals surface area contributed by atoms with Crippen LogP contribution in [0.5, 0.6) is 0 Å². The summed E-state index contributed by atoms with van der Waals surface area (Å²) in [6, 6.07) is 5.89. The molecular formula is C15H20BrNO2. The molecule has 3 nitrogen and oxygen atoms in total. The molecule has 1 unspecified atom stereocenters. The van der Waals surface area contributed by atoms with Crippen molar-refractivity contribution < 1.29 is 9.90 Å². The zero-order chi connectivity index (χ0) is 13.8. The molecule has 1 fully saturated rings. The lowest BCUT2D eigenvalue weighted by Crippen LogP contribution is -2.35. The SMILES string of the molecule is CCC1CCCCCN1c1cc(Br)ccc1C(=O)O. The summed E-state index contributed by atoms with van der Waals surface area (Å²) in [5.74, 6) is -0.846. The third kappa shape index (κ3) is 3.30. The van der Waals surface area contributed by atoms with Crippen molar-refractivity contribution >= 4 is 27.6 Å². The van der Waals surface area contributed by atoms with Crippen LogP contribution in [0.1, 0.15) is 49.4 Å². The van der Waals surface area contributed by atoms with Crippen LogP contribution < -0.4 is 4.90 Å². The van der Waals surface area contributed by atoms with E-state index in [2.05, 4.69) is 27.8 Å². The van der Waals surface area contributed by atoms with Crippen molar-refractivity contribution in [1.29, 1.82) is 0 Å². The zero-order valence-electron chi connectivity index (χ0n) is 11.2. The van der Waals surface area contributed by atoms with Gasteiger partial charge in [-0.25, -0.2) is 4.79 Å². The van der Waals surface area contributed by atoms with E-state index in [1.165, 1.54) is 12.8 Å². The van der Waals surface area contributed by atoms with Crippen LogP contribution in [0.3, 0.4) is 0 Å². The van der Waals surface area contributed by atoms with Gasteiger partial charge in [0.1, 0.15) is 0 Å². The molecule has 104 valence electrons. The van der Waals surface area contributed by atoms with Gasteiger partial charge in [0.15, 0.2) is 0 Å². The number of hydrogen-bond acceptors (Lipinski definition) is 2. The number of benzene rings is 1. The van der Waals surface area contributed by atoms with Crippen molar-refractivity contribution in [2.24, 2.45) is 0 Å². The molecule has 1 aliphatic rings. The van der Waals surface area contributed by atoms with Gasteiger partial charge in [-0.15, -0.1) is 0 Å². The van der Waals surface area contributed by atoms with Crippen LogP contribution in [0, 0.1) is 0 Å². The molecule has 0 bridgehead atoms. The maximum Gasteiger partial charge on any atom is 0.337 e. The first kappa shape index (κ1) is 14.4. The smallest absolute Gasteiger partial charge is 0.337 e. The second-order valence-corrected chi connectivity index (χ2v) is 5.99. The minimum Gasteiger partial charge on any atom is -0.478 e. The van der Waals surface area contributed by atoms with E-state index in [1.54, 1.807) is 12.1 Å². The highest BCUT2D eigenvalue weighted by atomic mass is 79.9. The van der Waals surface area contributed by atoms with E-state index in [-0.39, 0.29) is 0 Å². The number of carboxylic acid groups (broad SMARTS) is 1. The normalized spacial score (nSPS) is 20.1. The second kappa shape index (κ2) is 6.42. The highest BCUT2D eigenvalue weighted by Crippen LogP contribution is 2.31. The van der Waals surface area contributed by atoms with E-state index in [4.69, 9.17) is 0 Å². The van der Waals surface area contributed by atoms with Gasteiger partial charge in [-0.1, -0.05) is 35.7 Å². The minimum absolute atomic E-state index is 0.406. The van der Waals surface area contributed by atoms with Crippen LogP contribution in [0.2, 0.25) is 0 Å². The molecule has 1 aromatic rings. The Labute approximate surface area is 122 Å². The van der Waals surface area contributed by atoms with E-state index in [0.717, 1.165) is 36.0 Å². The average Bonchev–Trinajstić information content (AvgIpc) is 2.63. The van der Waals surface area contributed by atoms with Gasteiger partial charge in [-0.05, 0) is 37.5 Å². The molecule has 1 aromatic carbocycles. The summed E-state index contributed by atoms with van der Waals surface area (Å²) in [6.07, 6.45) is 5.84. The van der Waals surface area contributed by atoms with E-state index >= 15 is 0 Å². The largest absolute Gasteiger partial charge is 0.478 e. The number of anilines is 1. The van der Waals surface area contributed by atoms with Gasteiger partial charge in [-0.3, -0.25) is 0 Å². The Morgan fingerprint density at radius 1 is 1.42 bits per heavy atom. The van der Waals surface area contributed by atoms with Crippen molar-refractivity contribution in [3.63, 3.8) is 0 Å². The van der Waals surface area contributed by atoms with Crippen molar-refractivity contribution in [2.75, 3.05) is 11.4 Å². The molecule has 0 amide bonds. The van der Waals surface area contributed by atoms with Crippen LogP contribution in [0.4, 0.5) is 5.69 Å². The standard InChI is InChI=1S/C15H20BrNO2/c1-2-12-6-4-3-5-9-17(12)14-10-11(16)7-8-13(14)15(18)19/h7-8,10,12H,2-6,9H2,1H3,(H,18,19). The summed E-state index contributed by atoms with van der Waals surface area (Å²) in [6.45, 7) is 3.14. The van der Waals surface area contributed by atoms with Gasteiger partial charge in [-0.2, -0.15) is 0 Å². The fraction of sp³-hybridized carbons (Fsp3) is 0.533. The third-order valence-electron chi connectivity index (χ3n) is 3.85. The molecule has 0 spiro atoms. The first-order valence-electron chi connectivity index (χ1n) is 6.93. The van der Waals surface area contributed by atoms with E-state index in [0.29, 0.717) is 11.6 Å². The quantitative estimate of drug-likeness (QED) is 0.900. The van der Waals surface area contributed by atoms with Crippen LogP contribution >= 0.6 is 15.9 Å². The highest BCUT2D eigenvalue weighted by molar-refractivity contribution is 9.10. The Morgan fingerprint density at radius 3 is 2.89 bits per heavy atom. The number of halogens is 1. The third-order valence-corrected chi connectivity index (χ3v) is 4.34. The summed E-state index contributed by atoms with van der Waals surface area (Å²) in [5.41, 5.74) is 1.26. The molecular weight excluding hydrogens is 306 g/mol. The number of aromatic carboxylic acids is 1. The number of carbonyl (C=O) groups is 1. The molecule has 1 aliphatic heterocycles. The fourth-order valence-electron chi connectivity index (χ4n) is 2.84.